The number of hydrogen-bond acceptors (Lipinski definition) is 6. The number of aromatic amines is 1. The molecule has 1 atom stereocenters. The molecule has 9 nitrogen and oxygen atoms in total. The molecule has 3 aliphatic rings. The molecule has 1 spiro atoms. The van der Waals surface area contributed by atoms with Gasteiger partial charge in [0, 0.05) is 56.8 Å². The molecule has 3 N–H and O–H groups in total. The molecule has 2 saturated heterocycles. The van der Waals surface area contributed by atoms with E-state index in [4.69, 9.17) is 5.11 Å². The van der Waals surface area contributed by atoms with Crippen molar-refractivity contribution in [3.8, 4) is 0 Å². The van der Waals surface area contributed by atoms with Gasteiger partial charge in [0.25, 0.3) is 0 Å². The van der Waals surface area contributed by atoms with Gasteiger partial charge < -0.3 is 29.8 Å². The summed E-state index contributed by atoms with van der Waals surface area (Å²) >= 11 is 0. The van der Waals surface area contributed by atoms with Gasteiger partial charge in [-0.1, -0.05) is 19.3 Å². The second-order valence-electron chi connectivity index (χ2n) is 11.9. The van der Waals surface area contributed by atoms with E-state index in [1.165, 1.54) is 77.5 Å². The lowest BCUT2D eigenvalue weighted by atomic mass is 9.77. The standard InChI is InChI=1S/C29H47N7O2/c37-27(38)8-4-12-30-25(28-32-13-14-33-28)22-26-31-15-21-36(26)17-5-16-34-18-9-29(23-34)10-19-35(20-11-29)24-6-2-1-3-7-24/h13-15,21,24-25,30H,1-12,16-20,22-23H2,(H,32,33)(H,37,38). The molecule has 1 saturated carbocycles. The average Bonchev–Trinajstić information content (AvgIpc) is 3.70. The monoisotopic (exact) mass is 525 g/mol. The number of carboxylic acid groups (broad SMARTS) is 1. The molecule has 2 aromatic heterocycles. The molecule has 0 aromatic carbocycles. The number of carbonyl (C=O) groups is 1. The van der Waals surface area contributed by atoms with Crippen LogP contribution in [0.4, 0.5) is 0 Å². The lowest BCUT2D eigenvalue weighted by Gasteiger charge is -2.44. The summed E-state index contributed by atoms with van der Waals surface area (Å²) in [5.74, 6) is 1.16. The summed E-state index contributed by atoms with van der Waals surface area (Å²) in [5, 5.41) is 12.4. The number of hydrogen-bond donors (Lipinski definition) is 3. The van der Waals surface area contributed by atoms with E-state index in [0.29, 0.717) is 18.4 Å². The van der Waals surface area contributed by atoms with Crippen molar-refractivity contribution in [2.24, 2.45) is 5.41 Å². The van der Waals surface area contributed by atoms with Crippen molar-refractivity contribution >= 4 is 5.97 Å². The normalized spacial score (nSPS) is 21.8. The summed E-state index contributed by atoms with van der Waals surface area (Å²) < 4.78 is 2.28. The van der Waals surface area contributed by atoms with Crippen LogP contribution >= 0.6 is 0 Å². The summed E-state index contributed by atoms with van der Waals surface area (Å²) in [6, 6.07) is 0.855. The van der Waals surface area contributed by atoms with Gasteiger partial charge in [-0.3, -0.25) is 4.79 Å². The topological polar surface area (TPSA) is 102 Å². The molecule has 0 radical (unpaired) electrons. The Morgan fingerprint density at radius 2 is 1.89 bits per heavy atom. The number of H-pyrrole nitrogens is 1. The molecule has 5 rings (SSSR count). The van der Waals surface area contributed by atoms with Crippen LogP contribution in [0.5, 0.6) is 0 Å². The molecular weight excluding hydrogens is 478 g/mol. The maximum atomic E-state index is 10.9. The summed E-state index contributed by atoms with van der Waals surface area (Å²) in [6.45, 7) is 7.92. The average molecular weight is 526 g/mol. The molecule has 38 heavy (non-hydrogen) atoms. The summed E-state index contributed by atoms with van der Waals surface area (Å²) in [7, 11) is 0. The fourth-order valence-electron chi connectivity index (χ4n) is 7.07. The lowest BCUT2D eigenvalue weighted by molar-refractivity contribution is -0.137. The Morgan fingerprint density at radius 3 is 2.66 bits per heavy atom. The van der Waals surface area contributed by atoms with Crippen LogP contribution in [0.15, 0.2) is 24.8 Å². The predicted octanol–water partition coefficient (Wildman–Crippen LogP) is 3.86. The third kappa shape index (κ3) is 7.24. The predicted molar refractivity (Wildman–Crippen MR) is 148 cm³/mol. The van der Waals surface area contributed by atoms with Crippen molar-refractivity contribution in [1.29, 1.82) is 0 Å². The van der Waals surface area contributed by atoms with Crippen LogP contribution < -0.4 is 5.32 Å². The number of carboxylic acids is 1. The van der Waals surface area contributed by atoms with Gasteiger partial charge in [-0.05, 0) is 83.1 Å². The number of imidazole rings is 2. The van der Waals surface area contributed by atoms with Crippen molar-refractivity contribution in [2.75, 3.05) is 39.3 Å². The van der Waals surface area contributed by atoms with Crippen LogP contribution in [-0.4, -0.2) is 85.7 Å². The van der Waals surface area contributed by atoms with Crippen LogP contribution in [-0.2, 0) is 17.8 Å². The fraction of sp³-hybridized carbons (Fsp3) is 0.759. The molecule has 2 aromatic rings. The second kappa shape index (κ2) is 13.2. The highest BCUT2D eigenvalue weighted by molar-refractivity contribution is 5.66. The van der Waals surface area contributed by atoms with Gasteiger partial charge in [-0.25, -0.2) is 9.97 Å². The van der Waals surface area contributed by atoms with Gasteiger partial charge in [0.2, 0.25) is 0 Å². The smallest absolute Gasteiger partial charge is 0.303 e. The van der Waals surface area contributed by atoms with E-state index in [-0.39, 0.29) is 12.5 Å². The molecule has 4 heterocycles. The van der Waals surface area contributed by atoms with Crippen LogP contribution in [0, 0.1) is 5.41 Å². The van der Waals surface area contributed by atoms with Crippen molar-refractivity contribution in [3.05, 3.63) is 36.4 Å². The van der Waals surface area contributed by atoms with Gasteiger partial charge in [-0.2, -0.15) is 0 Å². The van der Waals surface area contributed by atoms with E-state index in [0.717, 1.165) is 43.6 Å². The third-order valence-electron chi connectivity index (χ3n) is 9.34. The summed E-state index contributed by atoms with van der Waals surface area (Å²) in [6.07, 6.45) is 21.5. The lowest BCUT2D eigenvalue weighted by Crippen LogP contribution is -2.46. The van der Waals surface area contributed by atoms with Crippen LogP contribution in [0.3, 0.4) is 0 Å². The molecule has 1 aliphatic carbocycles. The van der Waals surface area contributed by atoms with E-state index in [1.54, 1.807) is 6.20 Å². The Bertz CT molecular complexity index is 977. The Balaban J connectivity index is 1.06. The number of rotatable bonds is 13. The van der Waals surface area contributed by atoms with E-state index < -0.39 is 5.97 Å². The first-order valence-corrected chi connectivity index (χ1v) is 15.0. The van der Waals surface area contributed by atoms with Crippen molar-refractivity contribution < 1.29 is 9.90 Å². The van der Waals surface area contributed by atoms with Gasteiger partial charge in [0.05, 0.1) is 6.04 Å². The Kier molecular flexibility index (Phi) is 9.51. The highest BCUT2D eigenvalue weighted by Gasteiger charge is 2.41. The first-order chi connectivity index (χ1) is 18.6. The number of likely N-dealkylation sites (tertiary alicyclic amines) is 2. The molecule has 210 valence electrons. The van der Waals surface area contributed by atoms with Crippen molar-refractivity contribution in [2.45, 2.75) is 95.7 Å². The molecule has 3 fully saturated rings. The van der Waals surface area contributed by atoms with E-state index >= 15 is 0 Å². The zero-order valence-electron chi connectivity index (χ0n) is 23.0. The number of piperidine rings is 1. The molecular formula is C29H47N7O2. The molecule has 9 heteroatoms. The Labute approximate surface area is 227 Å². The first-order valence-electron chi connectivity index (χ1n) is 15.0. The highest BCUT2D eigenvalue weighted by atomic mass is 16.4. The number of aliphatic carboxylic acids is 1. The van der Waals surface area contributed by atoms with Crippen molar-refractivity contribution in [3.63, 3.8) is 0 Å². The zero-order chi connectivity index (χ0) is 26.2. The first kappa shape index (κ1) is 27.3. The Morgan fingerprint density at radius 1 is 1.08 bits per heavy atom. The summed E-state index contributed by atoms with van der Waals surface area (Å²) in [5.41, 5.74) is 0.563. The molecule has 0 amide bonds. The third-order valence-corrected chi connectivity index (χ3v) is 9.34. The zero-order valence-corrected chi connectivity index (χ0v) is 23.0. The number of nitrogens with one attached hydrogen (secondary N) is 2. The molecule has 0 bridgehead atoms. The van der Waals surface area contributed by atoms with Crippen LogP contribution in [0.1, 0.15) is 88.3 Å². The molecule has 2 aliphatic heterocycles. The van der Waals surface area contributed by atoms with Crippen LogP contribution in [0.25, 0.3) is 0 Å². The number of aryl methyl sites for hydroxylation is 1. The SMILES string of the molecule is O=C(O)CCCNC(Cc1nccn1CCCN1CCC2(CCN(C3CCCCC3)CC2)C1)c1ncc[nH]1. The minimum absolute atomic E-state index is 0.0159. The van der Waals surface area contributed by atoms with Crippen LogP contribution in [0.2, 0.25) is 0 Å². The van der Waals surface area contributed by atoms with Gasteiger partial charge in [0.1, 0.15) is 11.6 Å². The number of nitrogens with zero attached hydrogens (tertiary/aromatic N) is 5. The number of aromatic nitrogens is 4. The van der Waals surface area contributed by atoms with E-state index in [2.05, 4.69) is 40.8 Å². The fourth-order valence-corrected chi connectivity index (χ4v) is 7.07. The Hall–Kier alpha value is -2.23. The summed E-state index contributed by atoms with van der Waals surface area (Å²) in [4.78, 5) is 28.7. The maximum Gasteiger partial charge on any atom is 0.303 e. The largest absolute Gasteiger partial charge is 0.481 e. The maximum absolute atomic E-state index is 10.9. The minimum Gasteiger partial charge on any atom is -0.481 e. The van der Waals surface area contributed by atoms with E-state index in [9.17, 15) is 4.79 Å². The minimum atomic E-state index is -0.759. The van der Waals surface area contributed by atoms with E-state index in [1.807, 2.05) is 12.4 Å². The van der Waals surface area contributed by atoms with Crippen molar-refractivity contribution in [1.82, 2.24) is 34.6 Å². The van der Waals surface area contributed by atoms with Gasteiger partial charge >= 0.3 is 5.97 Å². The van der Waals surface area contributed by atoms with Gasteiger partial charge in [0.15, 0.2) is 0 Å². The molecule has 1 unspecified atom stereocenters. The second-order valence-corrected chi connectivity index (χ2v) is 11.9. The highest BCUT2D eigenvalue weighted by Crippen LogP contribution is 2.41. The van der Waals surface area contributed by atoms with Gasteiger partial charge in [-0.15, -0.1) is 0 Å². The quantitative estimate of drug-likeness (QED) is 0.341.